The van der Waals surface area contributed by atoms with E-state index in [-0.39, 0.29) is 18.2 Å². The summed E-state index contributed by atoms with van der Waals surface area (Å²) >= 11 is 0. The number of rotatable bonds is 6. The number of nitrogens with one attached hydrogen (secondary N) is 1. The van der Waals surface area contributed by atoms with Crippen LogP contribution in [0.4, 0.5) is 0 Å². The largest absolute Gasteiger partial charge is 0.487 e. The molecule has 0 saturated carbocycles. The molecule has 2 rings (SSSR count). The van der Waals surface area contributed by atoms with Crippen molar-refractivity contribution < 1.29 is 19.0 Å². The molecule has 0 aliphatic carbocycles. The average Bonchev–Trinajstić information content (AvgIpc) is 2.74. The van der Waals surface area contributed by atoms with Gasteiger partial charge in [-0.15, -0.1) is 0 Å². The number of carbonyl (C=O) groups is 1. The van der Waals surface area contributed by atoms with E-state index < -0.39 is 6.04 Å². The van der Waals surface area contributed by atoms with Gasteiger partial charge in [-0.2, -0.15) is 0 Å². The van der Waals surface area contributed by atoms with Crippen molar-refractivity contribution in [3.63, 3.8) is 0 Å². The molecule has 0 radical (unpaired) electrons. The monoisotopic (exact) mass is 293 g/mol. The molecule has 1 aliphatic heterocycles. The molecule has 1 heterocycles. The minimum atomic E-state index is -0.491. The number of para-hydroxylation sites is 1. The lowest BCUT2D eigenvalue weighted by Crippen LogP contribution is -2.40. The number of hydrogen-bond donors (Lipinski definition) is 1. The second kappa shape index (κ2) is 6.35. The molecule has 21 heavy (non-hydrogen) atoms. The number of fused-ring (bicyclic) bond motifs is 1. The minimum absolute atomic E-state index is 0.204. The molecular formula is C16H23NO4. The first-order valence-electron chi connectivity index (χ1n) is 7.24. The molecule has 0 spiro atoms. The van der Waals surface area contributed by atoms with Crippen molar-refractivity contribution >= 4 is 5.97 Å². The zero-order valence-corrected chi connectivity index (χ0v) is 13.1. The summed E-state index contributed by atoms with van der Waals surface area (Å²) in [5, 5.41) is 2.90. The maximum atomic E-state index is 11.7. The Morgan fingerprint density at radius 3 is 2.90 bits per heavy atom. The summed E-state index contributed by atoms with van der Waals surface area (Å²) < 4.78 is 16.7. The highest BCUT2D eigenvalue weighted by molar-refractivity contribution is 5.76. The predicted octanol–water partition coefficient (Wildman–Crippen LogP) is 1.93. The highest BCUT2D eigenvalue weighted by Gasteiger charge is 2.32. The molecule has 1 aliphatic rings. The van der Waals surface area contributed by atoms with E-state index in [0.29, 0.717) is 12.4 Å². The van der Waals surface area contributed by atoms with Gasteiger partial charge in [-0.05, 0) is 33.9 Å². The Kier molecular flexibility index (Phi) is 4.73. The van der Waals surface area contributed by atoms with Crippen LogP contribution in [0.15, 0.2) is 18.2 Å². The molecule has 5 nitrogen and oxygen atoms in total. The molecule has 5 heteroatoms. The molecule has 1 atom stereocenters. The fourth-order valence-electron chi connectivity index (χ4n) is 2.39. The quantitative estimate of drug-likeness (QED) is 0.812. The molecule has 1 unspecified atom stereocenters. The van der Waals surface area contributed by atoms with Gasteiger partial charge in [0, 0.05) is 12.0 Å². The predicted molar refractivity (Wildman–Crippen MR) is 79.8 cm³/mol. The van der Waals surface area contributed by atoms with Gasteiger partial charge in [-0.1, -0.05) is 12.1 Å². The van der Waals surface area contributed by atoms with Crippen LogP contribution >= 0.6 is 0 Å². The number of likely N-dealkylation sites (N-methyl/N-ethyl adjacent to an activating group) is 1. The molecular weight excluding hydrogens is 270 g/mol. The highest BCUT2D eigenvalue weighted by Crippen LogP contribution is 2.41. The van der Waals surface area contributed by atoms with Crippen molar-refractivity contribution in [3.8, 4) is 11.5 Å². The van der Waals surface area contributed by atoms with Crippen LogP contribution in [0.25, 0.3) is 0 Å². The maximum Gasteiger partial charge on any atom is 0.326 e. The van der Waals surface area contributed by atoms with Gasteiger partial charge in [0.2, 0.25) is 0 Å². The van der Waals surface area contributed by atoms with Crippen molar-refractivity contribution in [3.05, 3.63) is 23.8 Å². The summed E-state index contributed by atoms with van der Waals surface area (Å²) in [6.07, 6.45) is 0.854. The summed E-state index contributed by atoms with van der Waals surface area (Å²) in [6, 6.07) is 5.35. The van der Waals surface area contributed by atoms with Gasteiger partial charge in [0.05, 0.1) is 6.61 Å². The van der Waals surface area contributed by atoms with Crippen molar-refractivity contribution in [1.82, 2.24) is 5.32 Å². The second-order valence-corrected chi connectivity index (χ2v) is 5.69. The standard InChI is InChI=1S/C16H23NO4/c1-5-19-15(18)12(17-4)10-20-13-8-6-7-11-9-16(2,3)21-14(11)13/h6-8,12,17H,5,9-10H2,1-4H3. The van der Waals surface area contributed by atoms with Crippen molar-refractivity contribution in [2.45, 2.75) is 38.8 Å². The molecule has 0 amide bonds. The van der Waals surface area contributed by atoms with Crippen molar-refractivity contribution in [2.75, 3.05) is 20.3 Å². The van der Waals surface area contributed by atoms with Crippen LogP contribution in [-0.2, 0) is 16.0 Å². The SMILES string of the molecule is CCOC(=O)C(COc1cccc2c1OC(C)(C)C2)NC. The first-order valence-corrected chi connectivity index (χ1v) is 7.24. The number of esters is 1. The van der Waals surface area contributed by atoms with Gasteiger partial charge in [0.1, 0.15) is 18.2 Å². The third kappa shape index (κ3) is 3.67. The normalized spacial score (nSPS) is 16.8. The molecule has 1 N–H and O–H groups in total. The molecule has 1 aromatic rings. The molecule has 0 saturated heterocycles. The van der Waals surface area contributed by atoms with Gasteiger partial charge in [0.25, 0.3) is 0 Å². The van der Waals surface area contributed by atoms with E-state index in [1.807, 2.05) is 32.0 Å². The third-order valence-corrected chi connectivity index (χ3v) is 3.38. The topological polar surface area (TPSA) is 56.8 Å². The van der Waals surface area contributed by atoms with E-state index in [0.717, 1.165) is 17.7 Å². The summed E-state index contributed by atoms with van der Waals surface area (Å²) in [7, 11) is 1.71. The lowest BCUT2D eigenvalue weighted by molar-refractivity contribution is -0.146. The smallest absolute Gasteiger partial charge is 0.326 e. The number of benzene rings is 1. The first kappa shape index (κ1) is 15.6. The lowest BCUT2D eigenvalue weighted by atomic mass is 10.0. The Morgan fingerprint density at radius 1 is 1.48 bits per heavy atom. The summed E-state index contributed by atoms with van der Waals surface area (Å²) in [5.74, 6) is 1.14. The Hall–Kier alpha value is -1.75. The van der Waals surface area contributed by atoms with Crippen LogP contribution in [-0.4, -0.2) is 37.9 Å². The van der Waals surface area contributed by atoms with Crippen molar-refractivity contribution in [2.24, 2.45) is 0 Å². The number of ether oxygens (including phenoxy) is 3. The van der Waals surface area contributed by atoms with Gasteiger partial charge in [0.15, 0.2) is 11.5 Å². The number of carbonyl (C=O) groups excluding carboxylic acids is 1. The minimum Gasteiger partial charge on any atom is -0.487 e. The van der Waals surface area contributed by atoms with Gasteiger partial charge in [-0.25, -0.2) is 0 Å². The summed E-state index contributed by atoms with van der Waals surface area (Å²) in [4.78, 5) is 11.7. The zero-order valence-electron chi connectivity index (χ0n) is 13.1. The summed E-state index contributed by atoms with van der Waals surface area (Å²) in [5.41, 5.74) is 0.917. The van der Waals surface area contributed by atoms with E-state index in [2.05, 4.69) is 5.32 Å². The fourth-order valence-corrected chi connectivity index (χ4v) is 2.39. The van der Waals surface area contributed by atoms with Gasteiger partial charge >= 0.3 is 5.97 Å². The van der Waals surface area contributed by atoms with Crippen LogP contribution in [0, 0.1) is 0 Å². The van der Waals surface area contributed by atoms with Crippen LogP contribution in [0.3, 0.4) is 0 Å². The molecule has 1 aromatic carbocycles. The van der Waals surface area contributed by atoms with E-state index in [1.165, 1.54) is 0 Å². The van der Waals surface area contributed by atoms with Crippen LogP contribution in [0.2, 0.25) is 0 Å². The number of hydrogen-bond acceptors (Lipinski definition) is 5. The maximum absolute atomic E-state index is 11.7. The van der Waals surface area contributed by atoms with Crippen molar-refractivity contribution in [1.29, 1.82) is 0 Å². The van der Waals surface area contributed by atoms with Gasteiger partial charge < -0.3 is 19.5 Å². The fraction of sp³-hybridized carbons (Fsp3) is 0.562. The Labute approximate surface area is 125 Å². The Bertz CT molecular complexity index is 513. The Morgan fingerprint density at radius 2 is 2.24 bits per heavy atom. The average molecular weight is 293 g/mol. The van der Waals surface area contributed by atoms with E-state index in [9.17, 15) is 4.79 Å². The second-order valence-electron chi connectivity index (χ2n) is 5.69. The van der Waals surface area contributed by atoms with E-state index in [1.54, 1.807) is 14.0 Å². The highest BCUT2D eigenvalue weighted by atomic mass is 16.5. The molecule has 116 valence electrons. The lowest BCUT2D eigenvalue weighted by Gasteiger charge is -2.19. The van der Waals surface area contributed by atoms with Gasteiger partial charge in [-0.3, -0.25) is 4.79 Å². The molecule has 0 aromatic heterocycles. The zero-order chi connectivity index (χ0) is 15.5. The van der Waals surface area contributed by atoms with Crippen LogP contribution in [0.5, 0.6) is 11.5 Å². The molecule has 0 fully saturated rings. The summed E-state index contributed by atoms with van der Waals surface area (Å²) in [6.45, 7) is 6.44. The Balaban J connectivity index is 2.05. The third-order valence-electron chi connectivity index (χ3n) is 3.38. The van der Waals surface area contributed by atoms with E-state index in [4.69, 9.17) is 14.2 Å². The van der Waals surface area contributed by atoms with Crippen LogP contribution in [0.1, 0.15) is 26.3 Å². The molecule has 0 bridgehead atoms. The van der Waals surface area contributed by atoms with E-state index >= 15 is 0 Å². The first-order chi connectivity index (χ1) is 9.96. The van der Waals surface area contributed by atoms with Crippen LogP contribution < -0.4 is 14.8 Å².